The second kappa shape index (κ2) is 8.05. The van der Waals surface area contributed by atoms with Crippen molar-refractivity contribution < 1.29 is 13.2 Å². The molecule has 8 heteroatoms. The highest BCUT2D eigenvalue weighted by atomic mass is 32.2. The Bertz CT molecular complexity index is 1030. The summed E-state index contributed by atoms with van der Waals surface area (Å²) in [5.41, 5.74) is 2.54. The van der Waals surface area contributed by atoms with Crippen molar-refractivity contribution in [1.29, 1.82) is 0 Å². The van der Waals surface area contributed by atoms with E-state index in [-0.39, 0.29) is 17.2 Å². The van der Waals surface area contributed by atoms with Gasteiger partial charge in [0.05, 0.1) is 24.1 Å². The van der Waals surface area contributed by atoms with E-state index in [9.17, 15) is 13.2 Å². The molecule has 0 bridgehead atoms. The number of amides is 1. The fraction of sp³-hybridized carbons (Fsp3) is 0.158. The average molecular weight is 384 g/mol. The molecule has 2 N–H and O–H groups in total. The first kappa shape index (κ1) is 18.7. The zero-order valence-corrected chi connectivity index (χ0v) is 15.6. The van der Waals surface area contributed by atoms with Gasteiger partial charge in [0.25, 0.3) is 5.91 Å². The third kappa shape index (κ3) is 5.18. The van der Waals surface area contributed by atoms with E-state index in [1.165, 1.54) is 0 Å². The summed E-state index contributed by atoms with van der Waals surface area (Å²) < 4.78 is 27.2. The van der Waals surface area contributed by atoms with Crippen molar-refractivity contribution in [3.05, 3.63) is 83.7 Å². The lowest BCUT2D eigenvalue weighted by atomic mass is 10.1. The third-order valence-corrected chi connectivity index (χ3v) is 4.51. The average Bonchev–Trinajstić information content (AvgIpc) is 3.13. The Kier molecular flexibility index (Phi) is 5.56. The first-order valence-corrected chi connectivity index (χ1v) is 10.2. The Morgan fingerprint density at radius 3 is 2.44 bits per heavy atom. The molecular formula is C19H20N4O3S. The molecule has 27 heavy (non-hydrogen) atoms. The second-order valence-electron chi connectivity index (χ2n) is 6.07. The number of hydrogen-bond acceptors (Lipinski definition) is 4. The molecular weight excluding hydrogens is 364 g/mol. The van der Waals surface area contributed by atoms with Crippen molar-refractivity contribution in [2.45, 2.75) is 13.1 Å². The quantitative estimate of drug-likeness (QED) is 0.653. The summed E-state index contributed by atoms with van der Waals surface area (Å²) in [4.78, 5) is 12.6. The molecule has 140 valence electrons. The third-order valence-electron chi connectivity index (χ3n) is 3.92. The normalized spacial score (nSPS) is 11.1. The highest BCUT2D eigenvalue weighted by Gasteiger charge is 2.14. The minimum atomic E-state index is -3.48. The van der Waals surface area contributed by atoms with Crippen molar-refractivity contribution in [1.82, 2.24) is 15.1 Å². The summed E-state index contributed by atoms with van der Waals surface area (Å²) in [6.45, 7) is 0.925. The van der Waals surface area contributed by atoms with Crippen molar-refractivity contribution in [3.63, 3.8) is 0 Å². The van der Waals surface area contributed by atoms with Crippen LogP contribution < -0.4 is 10.0 Å². The first-order chi connectivity index (χ1) is 12.9. The Balaban J connectivity index is 1.74. The van der Waals surface area contributed by atoms with E-state index in [1.807, 2.05) is 41.2 Å². The predicted octanol–water partition coefficient (Wildman–Crippen LogP) is 2.23. The van der Waals surface area contributed by atoms with Crippen LogP contribution in [0.5, 0.6) is 0 Å². The number of nitrogens with zero attached hydrogens (tertiary/aromatic N) is 2. The van der Waals surface area contributed by atoms with Gasteiger partial charge < -0.3 is 5.32 Å². The van der Waals surface area contributed by atoms with Gasteiger partial charge in [-0.25, -0.2) is 8.42 Å². The van der Waals surface area contributed by atoms with Crippen molar-refractivity contribution in [2.24, 2.45) is 0 Å². The van der Waals surface area contributed by atoms with Crippen molar-refractivity contribution in [2.75, 3.05) is 11.0 Å². The van der Waals surface area contributed by atoms with Gasteiger partial charge in [0.1, 0.15) is 0 Å². The molecule has 3 rings (SSSR count). The topological polar surface area (TPSA) is 93.1 Å². The van der Waals surface area contributed by atoms with Gasteiger partial charge >= 0.3 is 0 Å². The highest BCUT2D eigenvalue weighted by Crippen LogP contribution is 2.17. The Hall–Kier alpha value is -3.13. The summed E-state index contributed by atoms with van der Waals surface area (Å²) in [6, 6.07) is 16.1. The Labute approximate surface area is 158 Å². The van der Waals surface area contributed by atoms with Crippen LogP contribution in [0, 0.1) is 0 Å². The molecule has 0 aliphatic rings. The predicted molar refractivity (Wildman–Crippen MR) is 104 cm³/mol. The number of sulfonamides is 1. The molecule has 0 saturated heterocycles. The van der Waals surface area contributed by atoms with Crippen LogP contribution in [0.2, 0.25) is 0 Å². The van der Waals surface area contributed by atoms with Gasteiger partial charge in [-0.15, -0.1) is 0 Å². The Morgan fingerprint density at radius 2 is 1.74 bits per heavy atom. The van der Waals surface area contributed by atoms with Crippen LogP contribution >= 0.6 is 0 Å². The van der Waals surface area contributed by atoms with E-state index >= 15 is 0 Å². The van der Waals surface area contributed by atoms with Gasteiger partial charge in [-0.2, -0.15) is 5.10 Å². The van der Waals surface area contributed by atoms with Crippen LogP contribution in [-0.2, 0) is 23.1 Å². The van der Waals surface area contributed by atoms with Crippen LogP contribution in [-0.4, -0.2) is 30.4 Å². The highest BCUT2D eigenvalue weighted by molar-refractivity contribution is 7.92. The number of carbonyl (C=O) groups excluding carboxylic acids is 1. The van der Waals surface area contributed by atoms with Gasteiger partial charge in [-0.3, -0.25) is 14.2 Å². The van der Waals surface area contributed by atoms with Gasteiger partial charge in [-0.05, 0) is 29.3 Å². The summed E-state index contributed by atoms with van der Waals surface area (Å²) in [5.74, 6) is -0.351. The zero-order chi connectivity index (χ0) is 19.3. The number of rotatable bonds is 7. The lowest BCUT2D eigenvalue weighted by Crippen LogP contribution is -2.25. The smallest absolute Gasteiger partial charge is 0.253 e. The Morgan fingerprint density at radius 1 is 1.04 bits per heavy atom. The minimum Gasteiger partial charge on any atom is -0.348 e. The zero-order valence-electron chi connectivity index (χ0n) is 14.8. The lowest BCUT2D eigenvalue weighted by Gasteiger charge is -2.13. The summed E-state index contributed by atoms with van der Waals surface area (Å²) in [5, 5.41) is 7.06. The van der Waals surface area contributed by atoms with E-state index in [4.69, 9.17) is 0 Å². The molecule has 2 aromatic carbocycles. The van der Waals surface area contributed by atoms with Crippen LogP contribution in [0.1, 0.15) is 21.5 Å². The van der Waals surface area contributed by atoms with E-state index < -0.39 is 10.0 Å². The SMILES string of the molecule is CS(=O)(=O)Nc1ccccc1C(=O)NCc1ccccc1Cn1cccn1. The number of para-hydroxylation sites is 1. The molecule has 0 saturated carbocycles. The minimum absolute atomic E-state index is 0.252. The number of benzene rings is 2. The van der Waals surface area contributed by atoms with Crippen LogP contribution in [0.3, 0.4) is 0 Å². The van der Waals surface area contributed by atoms with Gasteiger partial charge in [0.15, 0.2) is 0 Å². The molecule has 3 aromatic rings. The van der Waals surface area contributed by atoms with Crippen LogP contribution in [0.25, 0.3) is 0 Å². The van der Waals surface area contributed by atoms with Crippen molar-refractivity contribution in [3.8, 4) is 0 Å². The standard InChI is InChI=1S/C19H20N4O3S/c1-27(25,26)22-18-10-5-4-9-17(18)19(24)20-13-15-7-2-3-8-16(15)14-23-12-6-11-21-23/h2-12,22H,13-14H2,1H3,(H,20,24). The van der Waals surface area contributed by atoms with Crippen LogP contribution in [0.4, 0.5) is 5.69 Å². The fourth-order valence-electron chi connectivity index (χ4n) is 2.69. The maximum Gasteiger partial charge on any atom is 0.253 e. The largest absolute Gasteiger partial charge is 0.348 e. The number of anilines is 1. The molecule has 0 aliphatic carbocycles. The van der Waals surface area contributed by atoms with E-state index in [0.29, 0.717) is 13.1 Å². The molecule has 0 aliphatic heterocycles. The van der Waals surface area contributed by atoms with Gasteiger partial charge in [-0.1, -0.05) is 36.4 Å². The van der Waals surface area contributed by atoms with Gasteiger partial charge in [0, 0.05) is 18.9 Å². The monoisotopic (exact) mass is 384 g/mol. The summed E-state index contributed by atoms with van der Waals surface area (Å²) in [6.07, 6.45) is 4.64. The van der Waals surface area contributed by atoms with E-state index in [0.717, 1.165) is 17.4 Å². The first-order valence-electron chi connectivity index (χ1n) is 8.31. The molecule has 0 fully saturated rings. The molecule has 0 unspecified atom stereocenters. The molecule has 0 radical (unpaired) electrons. The maximum atomic E-state index is 12.6. The molecule has 1 heterocycles. The molecule has 0 atom stereocenters. The molecule has 0 spiro atoms. The van der Waals surface area contributed by atoms with Gasteiger partial charge in [0.2, 0.25) is 10.0 Å². The number of carbonyl (C=O) groups is 1. The van der Waals surface area contributed by atoms with Crippen LogP contribution in [0.15, 0.2) is 67.0 Å². The number of hydrogen-bond donors (Lipinski definition) is 2. The van der Waals surface area contributed by atoms with E-state index in [1.54, 1.807) is 30.5 Å². The number of aromatic nitrogens is 2. The van der Waals surface area contributed by atoms with E-state index in [2.05, 4.69) is 15.1 Å². The molecule has 7 nitrogen and oxygen atoms in total. The molecule has 1 amide bonds. The second-order valence-corrected chi connectivity index (χ2v) is 7.82. The lowest BCUT2D eigenvalue weighted by molar-refractivity contribution is 0.0951. The summed E-state index contributed by atoms with van der Waals surface area (Å²) in [7, 11) is -3.48. The van der Waals surface area contributed by atoms with Crippen molar-refractivity contribution >= 4 is 21.6 Å². The maximum absolute atomic E-state index is 12.6. The fourth-order valence-corrected chi connectivity index (χ4v) is 3.27. The number of nitrogens with one attached hydrogen (secondary N) is 2. The molecule has 1 aromatic heterocycles. The summed E-state index contributed by atoms with van der Waals surface area (Å²) >= 11 is 0.